The van der Waals surface area contributed by atoms with Crippen LogP contribution in [0.25, 0.3) is 11.0 Å². The van der Waals surface area contributed by atoms with Crippen LogP contribution < -0.4 is 14.0 Å². The molecule has 8 nitrogen and oxygen atoms in total. The molecule has 2 amide bonds. The van der Waals surface area contributed by atoms with Crippen LogP contribution in [-0.4, -0.2) is 28.4 Å². The van der Waals surface area contributed by atoms with Crippen LogP contribution in [0.1, 0.15) is 39.2 Å². The minimum Gasteiger partial charge on any atom is -0.618 e. The molecule has 2 aromatic heterocycles. The van der Waals surface area contributed by atoms with E-state index in [1.807, 2.05) is 35.8 Å². The van der Waals surface area contributed by atoms with Crippen LogP contribution in [0, 0.1) is 5.21 Å². The maximum Gasteiger partial charge on any atom is 0.278 e. The third-order valence-corrected chi connectivity index (χ3v) is 6.11. The van der Waals surface area contributed by atoms with Gasteiger partial charge in [-0.3, -0.25) is 14.5 Å². The summed E-state index contributed by atoms with van der Waals surface area (Å²) in [5, 5.41) is 12.4. The lowest BCUT2D eigenvalue weighted by atomic mass is 10.1. The van der Waals surface area contributed by atoms with Crippen molar-refractivity contribution >= 4 is 22.8 Å². The molecule has 0 aliphatic carbocycles. The minimum absolute atomic E-state index is 0.0862. The number of methoxy groups -OCH3 is 1. The van der Waals surface area contributed by atoms with Crippen molar-refractivity contribution in [2.24, 2.45) is 0 Å². The van der Waals surface area contributed by atoms with Gasteiger partial charge in [-0.1, -0.05) is 12.1 Å². The van der Waals surface area contributed by atoms with Gasteiger partial charge in [0, 0.05) is 18.2 Å². The van der Waals surface area contributed by atoms with E-state index in [4.69, 9.17) is 4.74 Å². The van der Waals surface area contributed by atoms with Crippen LogP contribution in [0.2, 0.25) is 0 Å². The second-order valence-corrected chi connectivity index (χ2v) is 7.86. The monoisotopic (exact) mass is 443 g/mol. The summed E-state index contributed by atoms with van der Waals surface area (Å²) in [4.78, 5) is 27.4. The second-order valence-electron chi connectivity index (χ2n) is 7.86. The minimum atomic E-state index is -0.314. The fraction of sp³-hybridized carbons (Fsp3) is 0.200. The van der Waals surface area contributed by atoms with Crippen molar-refractivity contribution in [2.45, 2.75) is 26.6 Å². The molecule has 1 aliphatic rings. The van der Waals surface area contributed by atoms with Gasteiger partial charge in [-0.25, -0.2) is 9.13 Å². The molecular formula is C25H23N4O4+. The number of hydrogen-bond donors (Lipinski definition) is 0. The van der Waals surface area contributed by atoms with Crippen molar-refractivity contribution in [1.29, 1.82) is 0 Å². The van der Waals surface area contributed by atoms with Crippen molar-refractivity contribution in [3.63, 3.8) is 0 Å². The summed E-state index contributed by atoms with van der Waals surface area (Å²) in [5.41, 5.74) is 3.15. The molecule has 4 aromatic rings. The highest BCUT2D eigenvalue weighted by atomic mass is 16.5. The summed E-state index contributed by atoms with van der Waals surface area (Å²) in [6.07, 6.45) is 1.46. The summed E-state index contributed by atoms with van der Waals surface area (Å²) in [6.45, 7) is 3.00. The largest absolute Gasteiger partial charge is 0.618 e. The van der Waals surface area contributed by atoms with Gasteiger partial charge in [-0.2, -0.15) is 4.73 Å². The van der Waals surface area contributed by atoms with Gasteiger partial charge in [-0.15, -0.1) is 0 Å². The summed E-state index contributed by atoms with van der Waals surface area (Å²) >= 11 is 0. The molecule has 0 saturated heterocycles. The van der Waals surface area contributed by atoms with E-state index < -0.39 is 0 Å². The zero-order valence-corrected chi connectivity index (χ0v) is 18.4. The number of carbonyl (C=O) groups is 2. The van der Waals surface area contributed by atoms with E-state index in [9.17, 15) is 14.8 Å². The first-order valence-electron chi connectivity index (χ1n) is 10.7. The number of amides is 2. The summed E-state index contributed by atoms with van der Waals surface area (Å²) in [5.74, 6) is 0.802. The van der Waals surface area contributed by atoms with E-state index in [2.05, 4.69) is 4.57 Å². The Morgan fingerprint density at radius 2 is 1.64 bits per heavy atom. The van der Waals surface area contributed by atoms with Crippen molar-refractivity contribution < 1.29 is 23.6 Å². The van der Waals surface area contributed by atoms with Crippen LogP contribution in [0.3, 0.4) is 0 Å². The molecule has 33 heavy (non-hydrogen) atoms. The van der Waals surface area contributed by atoms with Crippen molar-refractivity contribution in [2.75, 3.05) is 7.11 Å². The third-order valence-electron chi connectivity index (χ3n) is 6.11. The lowest BCUT2D eigenvalue weighted by molar-refractivity contribution is -0.677. The Morgan fingerprint density at radius 1 is 0.939 bits per heavy atom. The second kappa shape index (κ2) is 8.05. The number of benzene rings is 2. The summed E-state index contributed by atoms with van der Waals surface area (Å²) < 4.78 is 10.3. The maximum atomic E-state index is 13.1. The van der Waals surface area contributed by atoms with E-state index in [-0.39, 0.29) is 24.9 Å². The third kappa shape index (κ3) is 3.31. The molecule has 0 N–H and O–H groups in total. The number of carbonyl (C=O) groups excluding carboxylic acids is 2. The van der Waals surface area contributed by atoms with E-state index >= 15 is 0 Å². The smallest absolute Gasteiger partial charge is 0.278 e. The number of ether oxygens (including phenoxy) is 1. The van der Waals surface area contributed by atoms with Crippen LogP contribution in [-0.2, 0) is 19.6 Å². The Kier molecular flexibility index (Phi) is 5.05. The molecule has 0 spiro atoms. The highest BCUT2D eigenvalue weighted by molar-refractivity contribution is 6.21. The summed E-state index contributed by atoms with van der Waals surface area (Å²) in [7, 11) is 1.60. The average Bonchev–Trinajstić information content (AvgIpc) is 3.26. The molecule has 3 heterocycles. The van der Waals surface area contributed by atoms with Crippen molar-refractivity contribution in [3.05, 3.63) is 94.7 Å². The van der Waals surface area contributed by atoms with E-state index in [0.717, 1.165) is 21.6 Å². The average molecular weight is 443 g/mol. The zero-order chi connectivity index (χ0) is 23.1. The van der Waals surface area contributed by atoms with Gasteiger partial charge in [0.2, 0.25) is 5.69 Å². The SMILES string of the molecule is CC[n+]1c(CN2C(=O)c3ccccc3C2=O)n(Cc2cccc[n+]2[O-])c2cc(OC)ccc21. The number of fused-ring (bicyclic) bond motifs is 2. The lowest BCUT2D eigenvalue weighted by Gasteiger charge is -2.13. The molecule has 8 heteroatoms. The lowest BCUT2D eigenvalue weighted by Crippen LogP contribution is -2.42. The standard InChI is InChI=1S/C25H23N4O4/c1-3-26-21-12-11-18(33-2)14-22(21)27(15-17-8-6-7-13-29(17)32)23(26)16-28-24(30)19-9-4-5-10-20(19)25(28)31/h4-14H,3,15-16H2,1-2H3/q+1. The first-order chi connectivity index (χ1) is 16.0. The van der Waals surface area contributed by atoms with Crippen LogP contribution in [0.4, 0.5) is 0 Å². The van der Waals surface area contributed by atoms with Crippen molar-refractivity contribution in [1.82, 2.24) is 9.47 Å². The van der Waals surface area contributed by atoms with Crippen molar-refractivity contribution in [3.8, 4) is 5.75 Å². The van der Waals surface area contributed by atoms with E-state index in [1.54, 1.807) is 43.5 Å². The Hall–Kier alpha value is -4.20. The van der Waals surface area contributed by atoms with Gasteiger partial charge in [0.05, 0.1) is 24.8 Å². The number of imide groups is 1. The van der Waals surface area contributed by atoms with Gasteiger partial charge in [-0.05, 0) is 37.3 Å². The van der Waals surface area contributed by atoms with Gasteiger partial charge >= 0.3 is 0 Å². The Labute approximate surface area is 190 Å². The molecule has 0 saturated carbocycles. The number of aromatic nitrogens is 3. The molecule has 0 bridgehead atoms. The van der Waals surface area contributed by atoms with Gasteiger partial charge < -0.3 is 9.94 Å². The van der Waals surface area contributed by atoms with Gasteiger partial charge in [0.25, 0.3) is 17.6 Å². The molecule has 0 radical (unpaired) electrons. The number of pyridine rings is 1. The molecule has 0 atom stereocenters. The van der Waals surface area contributed by atoms with Crippen LogP contribution in [0.15, 0.2) is 66.9 Å². The Bertz CT molecular complexity index is 1370. The first kappa shape index (κ1) is 20.7. The zero-order valence-electron chi connectivity index (χ0n) is 18.4. The Balaban J connectivity index is 1.67. The van der Waals surface area contributed by atoms with E-state index in [1.165, 1.54) is 11.1 Å². The summed E-state index contributed by atoms with van der Waals surface area (Å²) in [6, 6.07) is 17.9. The normalized spacial score (nSPS) is 13.1. The topological polar surface area (TPSA) is 82.4 Å². The maximum absolute atomic E-state index is 13.1. The fourth-order valence-electron chi connectivity index (χ4n) is 4.47. The number of nitrogens with zero attached hydrogens (tertiary/aromatic N) is 4. The predicted octanol–water partition coefficient (Wildman–Crippen LogP) is 2.44. The molecule has 5 rings (SSSR count). The quantitative estimate of drug-likeness (QED) is 0.260. The molecule has 166 valence electrons. The highest BCUT2D eigenvalue weighted by Crippen LogP contribution is 2.27. The number of imidazole rings is 1. The van der Waals surface area contributed by atoms with Gasteiger partial charge in [0.15, 0.2) is 23.8 Å². The van der Waals surface area contributed by atoms with E-state index in [0.29, 0.717) is 29.1 Å². The first-order valence-corrected chi connectivity index (χ1v) is 10.7. The molecule has 0 unspecified atom stereocenters. The molecule has 1 aliphatic heterocycles. The predicted molar refractivity (Wildman–Crippen MR) is 120 cm³/mol. The molecule has 2 aromatic carbocycles. The molecule has 0 fully saturated rings. The van der Waals surface area contributed by atoms with Crippen LogP contribution >= 0.6 is 0 Å². The van der Waals surface area contributed by atoms with Crippen LogP contribution in [0.5, 0.6) is 5.75 Å². The fourth-order valence-corrected chi connectivity index (χ4v) is 4.47. The molecular weight excluding hydrogens is 420 g/mol. The highest BCUT2D eigenvalue weighted by Gasteiger charge is 2.39. The van der Waals surface area contributed by atoms with Gasteiger partial charge in [0.1, 0.15) is 12.3 Å². The Morgan fingerprint density at radius 3 is 2.27 bits per heavy atom. The number of hydrogen-bond acceptors (Lipinski definition) is 4. The number of aryl methyl sites for hydroxylation is 1. The number of rotatable bonds is 6.